The molecule has 0 saturated heterocycles. The van der Waals surface area contributed by atoms with E-state index in [0.29, 0.717) is 23.7 Å². The van der Waals surface area contributed by atoms with Gasteiger partial charge in [0.25, 0.3) is 5.91 Å². The van der Waals surface area contributed by atoms with Gasteiger partial charge in [-0.1, -0.05) is 27.7 Å². The number of amides is 1. The topological polar surface area (TPSA) is 88.8 Å². The Morgan fingerprint density at radius 2 is 2.08 bits per heavy atom. The minimum absolute atomic E-state index is 0.154. The van der Waals surface area contributed by atoms with Gasteiger partial charge >= 0.3 is 5.97 Å². The van der Waals surface area contributed by atoms with Gasteiger partial charge in [0.2, 0.25) is 0 Å². The molecule has 0 radical (unpaired) electrons. The second-order valence-electron chi connectivity index (χ2n) is 7.31. The van der Waals surface area contributed by atoms with Crippen molar-refractivity contribution in [3.63, 3.8) is 0 Å². The molecule has 1 saturated carbocycles. The molecule has 1 amide bonds. The predicted octanol–water partition coefficient (Wildman–Crippen LogP) is 3.10. The number of carbonyl (C=O) groups is 2. The highest BCUT2D eigenvalue weighted by molar-refractivity contribution is 5.99. The summed E-state index contributed by atoms with van der Waals surface area (Å²) >= 11 is 0. The number of hydrogen-bond donors (Lipinski definition) is 2. The van der Waals surface area contributed by atoms with Gasteiger partial charge in [-0.15, -0.1) is 0 Å². The van der Waals surface area contributed by atoms with E-state index in [-0.39, 0.29) is 18.4 Å². The molecule has 1 heterocycles. The molecule has 1 aromatic heterocycles. The fourth-order valence-corrected chi connectivity index (χ4v) is 3.31. The second-order valence-corrected chi connectivity index (χ2v) is 7.31. The van der Waals surface area contributed by atoms with Crippen molar-refractivity contribution < 1.29 is 23.8 Å². The number of carboxylic acid groups (broad SMARTS) is 1. The fraction of sp³-hybridized carbons (Fsp3) is 0.667. The van der Waals surface area contributed by atoms with Crippen molar-refractivity contribution in [3.8, 4) is 0 Å². The first-order valence-electron chi connectivity index (χ1n) is 8.34. The molecule has 6 heteroatoms. The molecule has 0 bridgehead atoms. The van der Waals surface area contributed by atoms with Gasteiger partial charge in [0, 0.05) is 24.4 Å². The number of carboxylic acids is 1. The molecule has 0 aromatic carbocycles. The molecule has 0 spiro atoms. The molecule has 2 rings (SSSR count). The summed E-state index contributed by atoms with van der Waals surface area (Å²) in [5, 5.41) is 12.5. The highest BCUT2D eigenvalue weighted by Crippen LogP contribution is 2.51. The number of furan rings is 1. The normalized spacial score (nSPS) is 25.4. The largest absolute Gasteiger partial charge is 0.479 e. The number of rotatable bonds is 6. The van der Waals surface area contributed by atoms with Gasteiger partial charge in [-0.25, -0.2) is 4.79 Å². The summed E-state index contributed by atoms with van der Waals surface area (Å²) in [6.45, 7) is 11.7. The molecule has 0 unspecified atom stereocenters. The molecule has 24 heavy (non-hydrogen) atoms. The number of hydrogen-bond acceptors (Lipinski definition) is 4. The van der Waals surface area contributed by atoms with Crippen LogP contribution in [0.4, 0.5) is 0 Å². The summed E-state index contributed by atoms with van der Waals surface area (Å²) in [7, 11) is 0. The lowest BCUT2D eigenvalue weighted by Crippen LogP contribution is -2.76. The Balaban J connectivity index is 2.27. The Morgan fingerprint density at radius 1 is 1.46 bits per heavy atom. The van der Waals surface area contributed by atoms with Gasteiger partial charge in [0.1, 0.15) is 17.1 Å². The smallest absolute Gasteiger partial charge is 0.330 e. The van der Waals surface area contributed by atoms with E-state index in [1.807, 2.05) is 34.6 Å². The van der Waals surface area contributed by atoms with E-state index < -0.39 is 22.8 Å². The van der Waals surface area contributed by atoms with Crippen LogP contribution in [0.3, 0.4) is 0 Å². The third-order valence-corrected chi connectivity index (χ3v) is 5.21. The Bertz CT molecular complexity index is 646. The summed E-state index contributed by atoms with van der Waals surface area (Å²) in [6, 6.07) is 1.69. The Hall–Kier alpha value is -1.82. The van der Waals surface area contributed by atoms with E-state index in [4.69, 9.17) is 9.15 Å². The highest BCUT2D eigenvalue weighted by atomic mass is 16.5. The predicted molar refractivity (Wildman–Crippen MR) is 89.2 cm³/mol. The van der Waals surface area contributed by atoms with E-state index >= 15 is 0 Å². The van der Waals surface area contributed by atoms with Crippen LogP contribution in [0.15, 0.2) is 10.5 Å². The quantitative estimate of drug-likeness (QED) is 0.832. The third kappa shape index (κ3) is 2.73. The maximum Gasteiger partial charge on any atom is 0.330 e. The summed E-state index contributed by atoms with van der Waals surface area (Å²) in [5.41, 5.74) is -1.66. The SMILES string of the molecule is CCO[C@H]1C[C@@](NC(=O)c2cc(C(C)C)oc2C)(C(=O)O)C1(C)C. The molecule has 2 N–H and O–H groups in total. The Kier molecular flexibility index (Phi) is 4.81. The number of carbonyl (C=O) groups excluding carboxylic acids is 1. The van der Waals surface area contributed by atoms with Crippen molar-refractivity contribution in [2.75, 3.05) is 6.61 Å². The first-order valence-corrected chi connectivity index (χ1v) is 8.34. The zero-order valence-electron chi connectivity index (χ0n) is 15.2. The molecule has 2 atom stereocenters. The van der Waals surface area contributed by atoms with Crippen LogP contribution in [-0.4, -0.2) is 35.2 Å². The zero-order valence-corrected chi connectivity index (χ0v) is 15.2. The van der Waals surface area contributed by atoms with Crippen LogP contribution in [0.2, 0.25) is 0 Å². The Morgan fingerprint density at radius 3 is 2.50 bits per heavy atom. The lowest BCUT2D eigenvalue weighted by Gasteiger charge is -2.58. The zero-order chi connectivity index (χ0) is 18.3. The minimum atomic E-state index is -1.34. The van der Waals surface area contributed by atoms with Crippen molar-refractivity contribution >= 4 is 11.9 Å². The van der Waals surface area contributed by atoms with Crippen LogP contribution < -0.4 is 5.32 Å². The number of aliphatic carboxylic acids is 1. The van der Waals surface area contributed by atoms with Crippen molar-refractivity contribution in [1.29, 1.82) is 0 Å². The van der Waals surface area contributed by atoms with Crippen molar-refractivity contribution in [3.05, 3.63) is 23.2 Å². The fourth-order valence-electron chi connectivity index (χ4n) is 3.31. The van der Waals surface area contributed by atoms with Crippen molar-refractivity contribution in [1.82, 2.24) is 5.32 Å². The number of nitrogens with one attached hydrogen (secondary N) is 1. The lowest BCUT2D eigenvalue weighted by atomic mass is 9.54. The molecule has 1 aliphatic carbocycles. The van der Waals surface area contributed by atoms with Crippen molar-refractivity contribution in [2.24, 2.45) is 5.41 Å². The van der Waals surface area contributed by atoms with Crippen LogP contribution in [-0.2, 0) is 9.53 Å². The molecular formula is C18H27NO5. The first-order chi connectivity index (χ1) is 11.1. The molecule has 134 valence electrons. The van der Waals surface area contributed by atoms with Gasteiger partial charge in [-0.05, 0) is 19.9 Å². The van der Waals surface area contributed by atoms with Crippen LogP contribution in [0.1, 0.15) is 68.8 Å². The van der Waals surface area contributed by atoms with E-state index in [0.717, 1.165) is 0 Å². The van der Waals surface area contributed by atoms with Gasteiger partial charge in [-0.3, -0.25) is 4.79 Å². The minimum Gasteiger partial charge on any atom is -0.479 e. The van der Waals surface area contributed by atoms with Crippen LogP contribution in [0.5, 0.6) is 0 Å². The van der Waals surface area contributed by atoms with Gasteiger partial charge in [-0.2, -0.15) is 0 Å². The van der Waals surface area contributed by atoms with E-state index in [1.165, 1.54) is 0 Å². The van der Waals surface area contributed by atoms with Gasteiger partial charge < -0.3 is 19.6 Å². The maximum atomic E-state index is 12.7. The van der Waals surface area contributed by atoms with Crippen LogP contribution >= 0.6 is 0 Å². The summed E-state index contributed by atoms with van der Waals surface area (Å²) in [4.78, 5) is 24.6. The summed E-state index contributed by atoms with van der Waals surface area (Å²) < 4.78 is 11.2. The van der Waals surface area contributed by atoms with Crippen LogP contribution in [0, 0.1) is 12.3 Å². The lowest BCUT2D eigenvalue weighted by molar-refractivity contribution is -0.190. The van der Waals surface area contributed by atoms with Crippen molar-refractivity contribution in [2.45, 2.75) is 65.5 Å². The average Bonchev–Trinajstić information content (AvgIpc) is 2.87. The molecule has 6 nitrogen and oxygen atoms in total. The maximum absolute atomic E-state index is 12.7. The van der Waals surface area contributed by atoms with E-state index in [2.05, 4.69) is 5.32 Å². The molecular weight excluding hydrogens is 310 g/mol. The standard InChI is InChI=1S/C18H27NO5/c1-7-23-14-9-18(16(21)22,17(14,5)6)19-15(20)12-8-13(10(2)3)24-11(12)4/h8,10,14H,7,9H2,1-6H3,(H,19,20)(H,21,22)/t14-,18+/m0/s1. The average molecular weight is 337 g/mol. The number of ether oxygens (including phenoxy) is 1. The first kappa shape index (κ1) is 18.5. The monoisotopic (exact) mass is 337 g/mol. The second kappa shape index (κ2) is 6.24. The molecule has 1 aliphatic rings. The highest BCUT2D eigenvalue weighted by Gasteiger charge is 2.66. The molecule has 1 aromatic rings. The third-order valence-electron chi connectivity index (χ3n) is 5.21. The summed E-state index contributed by atoms with van der Waals surface area (Å²) in [6.07, 6.45) is 0.0543. The molecule has 0 aliphatic heterocycles. The molecule has 1 fully saturated rings. The summed E-state index contributed by atoms with van der Waals surface area (Å²) in [5.74, 6) is -0.103. The number of aryl methyl sites for hydroxylation is 1. The Labute approximate surface area is 142 Å². The van der Waals surface area contributed by atoms with Gasteiger partial charge in [0.05, 0.1) is 11.7 Å². The van der Waals surface area contributed by atoms with E-state index in [9.17, 15) is 14.7 Å². The van der Waals surface area contributed by atoms with Gasteiger partial charge in [0.15, 0.2) is 0 Å². The van der Waals surface area contributed by atoms with Crippen LogP contribution in [0.25, 0.3) is 0 Å². The van der Waals surface area contributed by atoms with E-state index in [1.54, 1.807) is 13.0 Å².